The Labute approximate surface area is 309 Å². The molecule has 0 aliphatic heterocycles. The average Bonchev–Trinajstić information content (AvgIpc) is 3.60. The van der Waals surface area contributed by atoms with Gasteiger partial charge in [0.2, 0.25) is 0 Å². The van der Waals surface area contributed by atoms with Gasteiger partial charge in [-0.1, -0.05) is 175 Å². The van der Waals surface area contributed by atoms with Gasteiger partial charge >= 0.3 is 25.8 Å². The molecule has 4 aromatic carbocycles. The predicted molar refractivity (Wildman–Crippen MR) is 185 cm³/mol. The van der Waals surface area contributed by atoms with E-state index in [1.165, 1.54) is 68.5 Å². The predicted octanol–water partition coefficient (Wildman–Crippen LogP) is 5.83. The zero-order valence-electron chi connectivity index (χ0n) is 28.6. The molecule has 0 saturated carbocycles. The van der Waals surface area contributed by atoms with Crippen molar-refractivity contribution in [3.63, 3.8) is 0 Å². The molecular weight excluding hydrogens is 766 g/mol. The molecule has 3 heteroatoms. The van der Waals surface area contributed by atoms with Crippen molar-refractivity contribution in [2.75, 3.05) is 0 Å². The van der Waals surface area contributed by atoms with Crippen LogP contribution >= 0.6 is 0 Å². The Morgan fingerprint density at radius 2 is 1.07 bits per heavy atom. The molecule has 0 heterocycles. The van der Waals surface area contributed by atoms with Crippen LogP contribution in [0.25, 0.3) is 11.1 Å². The largest absolute Gasteiger partial charge is 2.00 e. The fourth-order valence-electron chi connectivity index (χ4n) is 7.53. The van der Waals surface area contributed by atoms with E-state index in [1.54, 1.807) is 0 Å². The molecule has 0 saturated heterocycles. The SMILES string of the molecule is CCCCC1=CCC(C(c2ccccc2)(c2ccccc2)C2c3cc(C(C)(C)C)ccc3-c3ccc(C(C)(C)C)cc32)=C1.[Cl-].[Cl-].[Hf+2]. The number of allylic oxidation sites excluding steroid dienone is 4. The standard InChI is InChI=1S/C43H48.2ClH.Hf/c1-8-9-16-30-21-22-35(27-30)43(31-17-12-10-13-18-31,32-19-14-11-15-20-32)40-38-28-33(41(2,3)4)23-25-36(38)37-26-24-34(29-39(37)40)42(5,6)7;;;/h10-15,17-21,23-29,40H,8-9,16,22H2,1-7H3;2*1H;/q;;;+2/p-2. The first-order chi connectivity index (χ1) is 20.5. The zero-order chi connectivity index (χ0) is 30.4. The maximum Gasteiger partial charge on any atom is 2.00 e. The number of fused-ring (bicyclic) bond motifs is 3. The summed E-state index contributed by atoms with van der Waals surface area (Å²) in [5.41, 5.74) is 14.1. The second-order valence-corrected chi connectivity index (χ2v) is 14.8. The molecular formula is C43H48Cl2Hf. The third-order valence-electron chi connectivity index (χ3n) is 9.91. The van der Waals surface area contributed by atoms with E-state index < -0.39 is 0 Å². The van der Waals surface area contributed by atoms with E-state index in [4.69, 9.17) is 0 Å². The van der Waals surface area contributed by atoms with Gasteiger partial charge in [0.1, 0.15) is 0 Å². The van der Waals surface area contributed by atoms with Crippen LogP contribution in [0.15, 0.2) is 120 Å². The van der Waals surface area contributed by atoms with E-state index in [0.717, 1.165) is 12.8 Å². The van der Waals surface area contributed by atoms with Crippen LogP contribution in [-0.2, 0) is 42.1 Å². The first-order valence-electron chi connectivity index (χ1n) is 16.4. The Kier molecular flexibility index (Phi) is 12.4. The van der Waals surface area contributed by atoms with Crippen LogP contribution in [0.1, 0.15) is 113 Å². The number of hydrogen-bond acceptors (Lipinski definition) is 0. The summed E-state index contributed by atoms with van der Waals surface area (Å²) in [5.74, 6) is 0.150. The Bertz CT molecular complexity index is 1580. The molecule has 0 N–H and O–H groups in total. The summed E-state index contributed by atoms with van der Waals surface area (Å²) in [6.07, 6.45) is 9.69. The Morgan fingerprint density at radius 3 is 1.48 bits per heavy atom. The van der Waals surface area contributed by atoms with Crippen LogP contribution in [0, 0.1) is 0 Å². The fourth-order valence-corrected chi connectivity index (χ4v) is 7.53. The third-order valence-corrected chi connectivity index (χ3v) is 9.91. The maximum absolute atomic E-state index is 2.58. The number of unbranched alkanes of at least 4 members (excludes halogenated alkanes) is 1. The second kappa shape index (κ2) is 14.9. The molecule has 2 aliphatic carbocycles. The molecule has 0 aromatic heterocycles. The van der Waals surface area contributed by atoms with Crippen LogP contribution in [0.5, 0.6) is 0 Å². The molecule has 46 heavy (non-hydrogen) atoms. The van der Waals surface area contributed by atoms with E-state index in [-0.39, 0.29) is 72.8 Å². The van der Waals surface area contributed by atoms with Crippen LogP contribution < -0.4 is 24.8 Å². The van der Waals surface area contributed by atoms with Crippen molar-refractivity contribution in [3.05, 3.63) is 154 Å². The van der Waals surface area contributed by atoms with Gasteiger partial charge in [-0.15, -0.1) is 0 Å². The maximum atomic E-state index is 2.58. The first kappa shape index (κ1) is 38.3. The smallest absolute Gasteiger partial charge is 1.00 e. The van der Waals surface area contributed by atoms with Gasteiger partial charge in [-0.05, 0) is 74.6 Å². The Hall–Kier alpha value is -2.19. The molecule has 0 unspecified atom stereocenters. The van der Waals surface area contributed by atoms with Crippen LogP contribution in [0.2, 0.25) is 0 Å². The molecule has 6 rings (SSSR count). The molecule has 0 nitrogen and oxygen atoms in total. The van der Waals surface area contributed by atoms with E-state index >= 15 is 0 Å². The molecule has 0 fully saturated rings. The third kappa shape index (κ3) is 6.85. The minimum Gasteiger partial charge on any atom is -1.00 e. The fraction of sp³-hybridized carbons (Fsp3) is 0.349. The quantitative estimate of drug-likeness (QED) is 0.206. The summed E-state index contributed by atoms with van der Waals surface area (Å²) in [6, 6.07) is 37.5. The first-order valence-corrected chi connectivity index (χ1v) is 16.4. The average molecular weight is 814 g/mol. The number of hydrogen-bond donors (Lipinski definition) is 0. The molecule has 2 aliphatic rings. The summed E-state index contributed by atoms with van der Waals surface area (Å²) in [6.45, 7) is 16.3. The van der Waals surface area contributed by atoms with Crippen molar-refractivity contribution >= 4 is 0 Å². The van der Waals surface area contributed by atoms with Crippen molar-refractivity contribution in [3.8, 4) is 11.1 Å². The van der Waals surface area contributed by atoms with Crippen molar-refractivity contribution in [2.45, 2.75) is 96.3 Å². The molecule has 0 amide bonds. The number of benzene rings is 4. The molecule has 0 radical (unpaired) electrons. The van der Waals surface area contributed by atoms with Gasteiger partial charge in [-0.3, -0.25) is 0 Å². The minimum absolute atomic E-state index is 0. The summed E-state index contributed by atoms with van der Waals surface area (Å²) in [5, 5.41) is 0. The van der Waals surface area contributed by atoms with Crippen molar-refractivity contribution in [1.29, 1.82) is 0 Å². The summed E-state index contributed by atoms with van der Waals surface area (Å²) >= 11 is 0. The molecule has 0 spiro atoms. The van der Waals surface area contributed by atoms with E-state index in [2.05, 4.69) is 158 Å². The van der Waals surface area contributed by atoms with Gasteiger partial charge in [-0.2, -0.15) is 0 Å². The summed E-state index contributed by atoms with van der Waals surface area (Å²) in [4.78, 5) is 0. The minimum atomic E-state index is -0.347. The van der Waals surface area contributed by atoms with E-state index in [1.807, 2.05) is 0 Å². The number of halogens is 2. The molecule has 0 bridgehead atoms. The number of rotatable bonds is 7. The van der Waals surface area contributed by atoms with Crippen molar-refractivity contribution < 1.29 is 50.7 Å². The van der Waals surface area contributed by atoms with Gasteiger partial charge in [0.05, 0.1) is 5.41 Å². The molecule has 4 aromatic rings. The monoisotopic (exact) mass is 814 g/mol. The Balaban J connectivity index is 0.00000192. The Morgan fingerprint density at radius 1 is 0.609 bits per heavy atom. The van der Waals surface area contributed by atoms with Crippen LogP contribution in [0.4, 0.5) is 0 Å². The van der Waals surface area contributed by atoms with Gasteiger partial charge in [0.15, 0.2) is 0 Å². The molecule has 238 valence electrons. The topological polar surface area (TPSA) is 0 Å². The normalized spacial score (nSPS) is 14.2. The van der Waals surface area contributed by atoms with Gasteiger partial charge in [0, 0.05) is 5.92 Å². The van der Waals surface area contributed by atoms with Crippen LogP contribution in [-0.4, -0.2) is 0 Å². The summed E-state index contributed by atoms with van der Waals surface area (Å²) < 4.78 is 0. The second-order valence-electron chi connectivity index (χ2n) is 14.8. The molecule has 0 atom stereocenters. The van der Waals surface area contributed by atoms with E-state index in [9.17, 15) is 0 Å². The summed E-state index contributed by atoms with van der Waals surface area (Å²) in [7, 11) is 0. The van der Waals surface area contributed by atoms with Gasteiger partial charge in [-0.25, -0.2) is 0 Å². The van der Waals surface area contributed by atoms with Crippen molar-refractivity contribution in [1.82, 2.24) is 0 Å². The van der Waals surface area contributed by atoms with Crippen LogP contribution in [0.3, 0.4) is 0 Å². The van der Waals surface area contributed by atoms with Gasteiger partial charge < -0.3 is 24.8 Å². The van der Waals surface area contributed by atoms with E-state index in [0.29, 0.717) is 0 Å². The van der Waals surface area contributed by atoms with Gasteiger partial charge in [0.25, 0.3) is 0 Å². The zero-order valence-corrected chi connectivity index (χ0v) is 33.7. The van der Waals surface area contributed by atoms with Crippen molar-refractivity contribution in [2.24, 2.45) is 0 Å².